The molecule has 1 atom stereocenters. The van der Waals surface area contributed by atoms with Crippen molar-refractivity contribution in [1.82, 2.24) is 24.9 Å². The summed E-state index contributed by atoms with van der Waals surface area (Å²) >= 11 is 1.07. The minimum atomic E-state index is -4.39. The van der Waals surface area contributed by atoms with Crippen molar-refractivity contribution in [3.05, 3.63) is 28.7 Å². The summed E-state index contributed by atoms with van der Waals surface area (Å²) < 4.78 is 38.3. The van der Waals surface area contributed by atoms with Crippen LogP contribution in [0, 0.1) is 0 Å². The van der Waals surface area contributed by atoms with Gasteiger partial charge in [-0.05, 0) is 12.8 Å². The molecule has 1 saturated heterocycles. The van der Waals surface area contributed by atoms with Crippen LogP contribution in [0.2, 0.25) is 0 Å². The van der Waals surface area contributed by atoms with Gasteiger partial charge in [-0.15, -0.1) is 11.3 Å². The predicted molar refractivity (Wildman–Crippen MR) is 83.0 cm³/mol. The second-order valence-electron chi connectivity index (χ2n) is 5.65. The first-order valence-corrected chi connectivity index (χ1v) is 8.32. The molecule has 3 aromatic heterocycles. The van der Waals surface area contributed by atoms with Gasteiger partial charge >= 0.3 is 6.18 Å². The van der Waals surface area contributed by atoms with Crippen molar-refractivity contribution in [2.75, 3.05) is 18.0 Å². The van der Waals surface area contributed by atoms with Crippen LogP contribution in [0.15, 0.2) is 18.0 Å². The van der Waals surface area contributed by atoms with Crippen LogP contribution in [0.3, 0.4) is 0 Å². The summed E-state index contributed by atoms with van der Waals surface area (Å²) in [5.41, 5.74) is 0.515. The van der Waals surface area contributed by atoms with Crippen LogP contribution in [-0.4, -0.2) is 38.0 Å². The molecule has 0 bridgehead atoms. The van der Waals surface area contributed by atoms with E-state index in [0.717, 1.165) is 47.4 Å². The standard InChI is InChI=1S/C14H13F3N6S/c15-14(16,17)9-5-24-13(22-9)8-2-1-3-23(4-8)12-10-11(19-6-18-10)20-7-21-12/h5-8H,1-4H2,(H,18,19,20,21). The number of hydrogen-bond donors (Lipinski definition) is 1. The minimum absolute atomic E-state index is 0.0345. The summed E-state index contributed by atoms with van der Waals surface area (Å²) in [5.74, 6) is 0.697. The van der Waals surface area contributed by atoms with E-state index in [4.69, 9.17) is 0 Å². The Balaban J connectivity index is 1.60. The first-order chi connectivity index (χ1) is 11.5. The molecule has 0 spiro atoms. The van der Waals surface area contributed by atoms with E-state index in [2.05, 4.69) is 29.8 Å². The molecule has 24 heavy (non-hydrogen) atoms. The summed E-state index contributed by atoms with van der Waals surface area (Å²) in [4.78, 5) is 21.4. The van der Waals surface area contributed by atoms with Crippen molar-refractivity contribution in [2.45, 2.75) is 24.9 Å². The van der Waals surface area contributed by atoms with E-state index in [1.807, 2.05) is 0 Å². The first kappa shape index (κ1) is 15.3. The molecule has 10 heteroatoms. The monoisotopic (exact) mass is 354 g/mol. The van der Waals surface area contributed by atoms with Gasteiger partial charge in [-0.2, -0.15) is 13.2 Å². The van der Waals surface area contributed by atoms with Gasteiger partial charge in [-0.3, -0.25) is 0 Å². The highest BCUT2D eigenvalue weighted by Crippen LogP contribution is 2.36. The topological polar surface area (TPSA) is 70.6 Å². The molecule has 0 radical (unpaired) electrons. The van der Waals surface area contributed by atoms with E-state index in [-0.39, 0.29) is 5.92 Å². The van der Waals surface area contributed by atoms with Crippen LogP contribution in [0.1, 0.15) is 29.5 Å². The number of nitrogens with zero attached hydrogens (tertiary/aromatic N) is 5. The Bertz CT molecular complexity index is 857. The highest BCUT2D eigenvalue weighted by atomic mass is 32.1. The molecule has 4 heterocycles. The van der Waals surface area contributed by atoms with Gasteiger partial charge in [0.15, 0.2) is 17.2 Å². The van der Waals surface area contributed by atoms with E-state index < -0.39 is 11.9 Å². The fourth-order valence-corrected chi connectivity index (χ4v) is 3.92. The summed E-state index contributed by atoms with van der Waals surface area (Å²) in [5, 5.41) is 1.62. The van der Waals surface area contributed by atoms with Crippen LogP contribution >= 0.6 is 11.3 Å². The quantitative estimate of drug-likeness (QED) is 0.765. The summed E-state index contributed by atoms with van der Waals surface area (Å²) in [6.07, 6.45) is 0.301. The van der Waals surface area contributed by atoms with Crippen LogP contribution in [0.5, 0.6) is 0 Å². The zero-order chi connectivity index (χ0) is 16.7. The molecule has 0 aliphatic carbocycles. The zero-order valence-corrected chi connectivity index (χ0v) is 13.2. The number of H-pyrrole nitrogens is 1. The van der Waals surface area contributed by atoms with Crippen molar-refractivity contribution in [1.29, 1.82) is 0 Å². The fourth-order valence-electron chi connectivity index (χ4n) is 2.97. The maximum Gasteiger partial charge on any atom is 0.434 e. The van der Waals surface area contributed by atoms with Crippen molar-refractivity contribution in [3.8, 4) is 0 Å². The SMILES string of the molecule is FC(F)(F)c1csc(C2CCCN(c3ncnc4nc[nH]c34)C2)n1. The Morgan fingerprint density at radius 1 is 1.25 bits per heavy atom. The lowest BCUT2D eigenvalue weighted by Crippen LogP contribution is -2.35. The van der Waals surface area contributed by atoms with Gasteiger partial charge in [-0.25, -0.2) is 19.9 Å². The average Bonchev–Trinajstić information content (AvgIpc) is 3.23. The number of alkyl halides is 3. The van der Waals surface area contributed by atoms with Gasteiger partial charge in [0.1, 0.15) is 11.8 Å². The second-order valence-corrected chi connectivity index (χ2v) is 6.54. The lowest BCUT2D eigenvalue weighted by atomic mass is 9.98. The van der Waals surface area contributed by atoms with Crippen LogP contribution < -0.4 is 4.90 Å². The lowest BCUT2D eigenvalue weighted by Gasteiger charge is -2.32. The molecule has 1 aliphatic heterocycles. The third-order valence-electron chi connectivity index (χ3n) is 4.09. The number of nitrogens with one attached hydrogen (secondary N) is 1. The van der Waals surface area contributed by atoms with Gasteiger partial charge in [0.25, 0.3) is 0 Å². The number of thiazole rings is 1. The van der Waals surface area contributed by atoms with Crippen molar-refractivity contribution in [2.24, 2.45) is 0 Å². The second kappa shape index (κ2) is 5.69. The van der Waals surface area contributed by atoms with Gasteiger partial charge in [0.05, 0.1) is 11.3 Å². The molecule has 0 saturated carbocycles. The number of piperidine rings is 1. The number of anilines is 1. The number of aromatic nitrogens is 5. The van der Waals surface area contributed by atoms with Crippen molar-refractivity contribution < 1.29 is 13.2 Å². The molecule has 126 valence electrons. The third kappa shape index (κ3) is 2.70. The molecule has 1 N–H and O–H groups in total. The number of fused-ring (bicyclic) bond motifs is 1. The largest absolute Gasteiger partial charge is 0.434 e. The van der Waals surface area contributed by atoms with Crippen molar-refractivity contribution in [3.63, 3.8) is 0 Å². The van der Waals surface area contributed by atoms with Gasteiger partial charge in [0.2, 0.25) is 0 Å². The molecule has 0 amide bonds. The van der Waals surface area contributed by atoms with Gasteiger partial charge in [-0.1, -0.05) is 0 Å². The van der Waals surface area contributed by atoms with Gasteiger partial charge < -0.3 is 9.88 Å². The highest BCUT2D eigenvalue weighted by Gasteiger charge is 2.35. The van der Waals surface area contributed by atoms with E-state index in [0.29, 0.717) is 17.2 Å². The normalized spacial score (nSPS) is 19.1. The maximum atomic E-state index is 12.8. The van der Waals surface area contributed by atoms with Crippen LogP contribution in [0.4, 0.5) is 19.0 Å². The van der Waals surface area contributed by atoms with Crippen LogP contribution in [-0.2, 0) is 6.18 Å². The Morgan fingerprint density at radius 2 is 2.12 bits per heavy atom. The smallest absolute Gasteiger partial charge is 0.354 e. The Hall–Kier alpha value is -2.23. The predicted octanol–water partition coefficient (Wildman–Crippen LogP) is 3.21. The molecule has 1 aliphatic rings. The average molecular weight is 354 g/mol. The summed E-state index contributed by atoms with van der Waals surface area (Å²) in [6.45, 7) is 1.37. The van der Waals surface area contributed by atoms with Crippen molar-refractivity contribution >= 4 is 28.3 Å². The summed E-state index contributed by atoms with van der Waals surface area (Å²) in [6, 6.07) is 0. The van der Waals surface area contributed by atoms with Gasteiger partial charge in [0, 0.05) is 24.4 Å². The van der Waals surface area contributed by atoms with Crippen LogP contribution in [0.25, 0.3) is 11.2 Å². The van der Waals surface area contributed by atoms with E-state index >= 15 is 0 Å². The molecule has 1 unspecified atom stereocenters. The Labute approximate surface area is 138 Å². The fraction of sp³-hybridized carbons (Fsp3) is 0.429. The zero-order valence-electron chi connectivity index (χ0n) is 12.4. The number of aromatic amines is 1. The Kier molecular flexibility index (Phi) is 3.63. The molecule has 6 nitrogen and oxygen atoms in total. The first-order valence-electron chi connectivity index (χ1n) is 7.44. The molecule has 1 fully saturated rings. The number of rotatable bonds is 2. The van der Waals surface area contributed by atoms with E-state index in [1.165, 1.54) is 6.33 Å². The maximum absolute atomic E-state index is 12.8. The lowest BCUT2D eigenvalue weighted by molar-refractivity contribution is -0.140. The molecule has 3 aromatic rings. The number of halogens is 3. The third-order valence-corrected chi connectivity index (χ3v) is 5.09. The molecule has 4 rings (SSSR count). The Morgan fingerprint density at radius 3 is 2.92 bits per heavy atom. The summed E-state index contributed by atoms with van der Waals surface area (Å²) in [7, 11) is 0. The van der Waals surface area contributed by atoms with E-state index in [1.54, 1.807) is 6.33 Å². The molecular formula is C14H13F3N6S. The number of imidazole rings is 1. The number of hydrogen-bond acceptors (Lipinski definition) is 6. The molecule has 0 aromatic carbocycles. The van der Waals surface area contributed by atoms with E-state index in [9.17, 15) is 13.2 Å². The highest BCUT2D eigenvalue weighted by molar-refractivity contribution is 7.09. The molecular weight excluding hydrogens is 341 g/mol. The minimum Gasteiger partial charge on any atom is -0.354 e.